The van der Waals surface area contributed by atoms with Crippen molar-refractivity contribution in [1.82, 2.24) is 5.32 Å². The zero-order valence-corrected chi connectivity index (χ0v) is 14.3. The van der Waals surface area contributed by atoms with Gasteiger partial charge < -0.3 is 20.3 Å². The van der Waals surface area contributed by atoms with Gasteiger partial charge in [-0.25, -0.2) is 0 Å². The lowest BCUT2D eigenvalue weighted by Gasteiger charge is -2.23. The van der Waals surface area contributed by atoms with Crippen LogP contribution in [0.4, 0.5) is 5.69 Å². The Bertz CT molecular complexity index is 767. The molecule has 1 unspecified atom stereocenters. The molecule has 2 aromatic rings. The van der Waals surface area contributed by atoms with E-state index in [9.17, 15) is 9.59 Å². The number of carbonyl (C=O) groups excluding carboxylic acids is 2. The molecule has 6 nitrogen and oxygen atoms in total. The standard InChI is InChI=1S/C18H18ClN3O3/c19-13-6-7-16(25-14-4-2-1-3-5-14)15(10-13)21-18(24)12-22-9-8-20-17(23)11-22/h1-7,10H,8-9,11-12H2,(H,20,23)(H,21,24)/p+1. The SMILES string of the molecule is O=C1C[NH+](CC(=O)Nc2cc(Cl)ccc2Oc2ccccc2)CCN1. The minimum Gasteiger partial charge on any atom is -0.455 e. The topological polar surface area (TPSA) is 71.9 Å². The lowest BCUT2D eigenvalue weighted by Crippen LogP contribution is -3.16. The molecule has 0 aromatic heterocycles. The molecule has 1 aliphatic rings. The molecule has 2 aromatic carbocycles. The number of quaternary nitrogens is 1. The molecule has 1 fully saturated rings. The van der Waals surface area contributed by atoms with Crippen LogP contribution in [-0.2, 0) is 9.59 Å². The van der Waals surface area contributed by atoms with Crippen LogP contribution in [-0.4, -0.2) is 38.0 Å². The molecule has 1 atom stereocenters. The summed E-state index contributed by atoms with van der Waals surface area (Å²) >= 11 is 6.05. The van der Waals surface area contributed by atoms with Crippen molar-refractivity contribution in [2.45, 2.75) is 0 Å². The van der Waals surface area contributed by atoms with E-state index in [1.807, 2.05) is 30.3 Å². The molecule has 1 saturated heterocycles. The molecule has 130 valence electrons. The number of carbonyl (C=O) groups is 2. The lowest BCUT2D eigenvalue weighted by atomic mass is 10.2. The molecule has 3 N–H and O–H groups in total. The molecule has 0 radical (unpaired) electrons. The Labute approximate surface area is 150 Å². The highest BCUT2D eigenvalue weighted by atomic mass is 35.5. The molecule has 1 heterocycles. The van der Waals surface area contributed by atoms with Gasteiger partial charge in [0.2, 0.25) is 0 Å². The summed E-state index contributed by atoms with van der Waals surface area (Å²) in [7, 11) is 0. The number of piperazine rings is 1. The molecule has 0 bridgehead atoms. The first-order chi connectivity index (χ1) is 12.1. The van der Waals surface area contributed by atoms with Crippen molar-refractivity contribution < 1.29 is 19.2 Å². The van der Waals surface area contributed by atoms with Crippen LogP contribution in [0, 0.1) is 0 Å². The summed E-state index contributed by atoms with van der Waals surface area (Å²) in [6.07, 6.45) is 0. The fourth-order valence-electron chi connectivity index (χ4n) is 2.63. The molecule has 2 amide bonds. The van der Waals surface area contributed by atoms with E-state index in [-0.39, 0.29) is 18.4 Å². The Balaban J connectivity index is 1.69. The molecule has 0 saturated carbocycles. The van der Waals surface area contributed by atoms with Crippen molar-refractivity contribution in [3.05, 3.63) is 53.6 Å². The molecule has 25 heavy (non-hydrogen) atoms. The maximum Gasteiger partial charge on any atom is 0.279 e. The third kappa shape index (κ3) is 4.95. The number of anilines is 1. The van der Waals surface area contributed by atoms with Crippen molar-refractivity contribution in [3.63, 3.8) is 0 Å². The van der Waals surface area contributed by atoms with E-state index < -0.39 is 0 Å². The average molecular weight is 361 g/mol. The van der Waals surface area contributed by atoms with Crippen LogP contribution in [0.15, 0.2) is 48.5 Å². The fourth-order valence-corrected chi connectivity index (χ4v) is 2.81. The summed E-state index contributed by atoms with van der Waals surface area (Å²) < 4.78 is 5.83. The van der Waals surface area contributed by atoms with Gasteiger partial charge in [0.05, 0.1) is 18.8 Å². The second-order valence-electron chi connectivity index (χ2n) is 5.81. The fraction of sp³-hybridized carbons (Fsp3) is 0.222. The van der Waals surface area contributed by atoms with Gasteiger partial charge in [-0.3, -0.25) is 9.59 Å². The summed E-state index contributed by atoms with van der Waals surface area (Å²) in [6.45, 7) is 1.82. The minimum atomic E-state index is -0.190. The molecule has 7 heteroatoms. The van der Waals surface area contributed by atoms with Crippen molar-refractivity contribution >= 4 is 29.1 Å². The van der Waals surface area contributed by atoms with Gasteiger partial charge in [-0.15, -0.1) is 0 Å². The van der Waals surface area contributed by atoms with Crippen molar-refractivity contribution in [2.75, 3.05) is 31.5 Å². The smallest absolute Gasteiger partial charge is 0.279 e. The number of para-hydroxylation sites is 1. The first kappa shape index (κ1) is 17.3. The van der Waals surface area contributed by atoms with Crippen molar-refractivity contribution in [1.29, 1.82) is 0 Å². The van der Waals surface area contributed by atoms with Crippen molar-refractivity contribution in [2.24, 2.45) is 0 Å². The number of ether oxygens (including phenoxy) is 1. The zero-order valence-electron chi connectivity index (χ0n) is 13.5. The molecule has 1 aliphatic heterocycles. The molecule has 0 aliphatic carbocycles. The predicted octanol–water partition coefficient (Wildman–Crippen LogP) is 1.09. The highest BCUT2D eigenvalue weighted by molar-refractivity contribution is 6.31. The highest BCUT2D eigenvalue weighted by Gasteiger charge is 2.22. The number of hydrogen-bond acceptors (Lipinski definition) is 3. The number of benzene rings is 2. The van der Waals surface area contributed by atoms with Gasteiger partial charge in [0, 0.05) is 5.02 Å². The average Bonchev–Trinajstić information content (AvgIpc) is 2.58. The van der Waals surface area contributed by atoms with Crippen LogP contribution >= 0.6 is 11.6 Å². The van der Waals surface area contributed by atoms with Gasteiger partial charge in [0.25, 0.3) is 11.8 Å². The Morgan fingerprint density at radius 3 is 2.80 bits per heavy atom. The first-order valence-electron chi connectivity index (χ1n) is 8.03. The summed E-state index contributed by atoms with van der Waals surface area (Å²) in [5, 5.41) is 6.08. The van der Waals surface area contributed by atoms with Gasteiger partial charge in [-0.1, -0.05) is 29.8 Å². The minimum absolute atomic E-state index is 0.0371. The summed E-state index contributed by atoms with van der Waals surface area (Å²) in [5.41, 5.74) is 0.502. The summed E-state index contributed by atoms with van der Waals surface area (Å²) in [5.74, 6) is 0.948. The number of halogens is 1. The Hall–Kier alpha value is -2.57. The zero-order chi connectivity index (χ0) is 17.6. The van der Waals surface area contributed by atoms with E-state index in [4.69, 9.17) is 16.3 Å². The van der Waals surface area contributed by atoms with E-state index in [2.05, 4.69) is 10.6 Å². The summed E-state index contributed by atoms with van der Waals surface area (Å²) in [6, 6.07) is 14.4. The largest absolute Gasteiger partial charge is 0.455 e. The van der Waals surface area contributed by atoms with E-state index >= 15 is 0 Å². The number of hydrogen-bond donors (Lipinski definition) is 3. The number of nitrogens with one attached hydrogen (secondary N) is 3. The van der Waals surface area contributed by atoms with E-state index in [1.54, 1.807) is 18.2 Å². The van der Waals surface area contributed by atoms with Crippen LogP contribution in [0.3, 0.4) is 0 Å². The van der Waals surface area contributed by atoms with E-state index in [0.717, 1.165) is 11.4 Å². The maximum absolute atomic E-state index is 12.3. The second-order valence-corrected chi connectivity index (χ2v) is 6.24. The van der Waals surface area contributed by atoms with Crippen LogP contribution in [0.25, 0.3) is 0 Å². The molecular formula is C18H19ClN3O3+. The monoisotopic (exact) mass is 360 g/mol. The Morgan fingerprint density at radius 1 is 1.24 bits per heavy atom. The number of amides is 2. The lowest BCUT2D eigenvalue weighted by molar-refractivity contribution is -0.885. The Kier molecular flexibility index (Phi) is 5.53. The third-order valence-electron chi connectivity index (χ3n) is 3.81. The second kappa shape index (κ2) is 8.00. The van der Waals surface area contributed by atoms with Gasteiger partial charge in [-0.05, 0) is 30.3 Å². The quantitative estimate of drug-likeness (QED) is 0.747. The van der Waals surface area contributed by atoms with Crippen LogP contribution in [0.5, 0.6) is 11.5 Å². The molecular weight excluding hydrogens is 342 g/mol. The third-order valence-corrected chi connectivity index (χ3v) is 4.04. The van der Waals surface area contributed by atoms with Gasteiger partial charge in [0.15, 0.2) is 18.8 Å². The van der Waals surface area contributed by atoms with Crippen LogP contribution in [0.2, 0.25) is 5.02 Å². The number of rotatable bonds is 5. The van der Waals surface area contributed by atoms with Gasteiger partial charge in [-0.2, -0.15) is 0 Å². The Morgan fingerprint density at radius 2 is 2.04 bits per heavy atom. The van der Waals surface area contributed by atoms with E-state index in [1.165, 1.54) is 0 Å². The molecule has 3 rings (SSSR count). The maximum atomic E-state index is 12.3. The van der Waals surface area contributed by atoms with Crippen LogP contribution in [0.1, 0.15) is 0 Å². The van der Waals surface area contributed by atoms with Gasteiger partial charge >= 0.3 is 0 Å². The molecule has 0 spiro atoms. The van der Waals surface area contributed by atoms with Crippen molar-refractivity contribution in [3.8, 4) is 11.5 Å². The predicted molar refractivity (Wildman–Crippen MR) is 95.2 cm³/mol. The van der Waals surface area contributed by atoms with Crippen LogP contribution < -0.4 is 20.3 Å². The highest BCUT2D eigenvalue weighted by Crippen LogP contribution is 2.31. The van der Waals surface area contributed by atoms with Gasteiger partial charge in [0.1, 0.15) is 5.75 Å². The first-order valence-corrected chi connectivity index (χ1v) is 8.40. The summed E-state index contributed by atoms with van der Waals surface area (Å²) in [4.78, 5) is 24.7. The van der Waals surface area contributed by atoms with E-state index in [0.29, 0.717) is 35.3 Å². The normalized spacial score (nSPS) is 16.8.